The molecule has 0 aliphatic rings. The number of halogens is 1. The Kier molecular flexibility index (Phi) is 4.91. The zero-order valence-electron chi connectivity index (χ0n) is 12.4. The highest BCUT2D eigenvalue weighted by Gasteiger charge is 2.24. The Hall–Kier alpha value is -2.12. The van der Waals surface area contributed by atoms with Crippen molar-refractivity contribution in [2.24, 2.45) is 0 Å². The van der Waals surface area contributed by atoms with Crippen LogP contribution in [0.25, 0.3) is 0 Å². The fraction of sp³-hybridized carbons (Fsp3) is 0.200. The fourth-order valence-corrected chi connectivity index (χ4v) is 2.94. The molecule has 0 heterocycles. The Balaban J connectivity index is 2.46. The van der Waals surface area contributed by atoms with Gasteiger partial charge in [0.15, 0.2) is 0 Å². The monoisotopic (exact) mass is 355 g/mol. The molecule has 0 bridgehead atoms. The molecular formula is C15H14ClNO5S. The van der Waals surface area contributed by atoms with Crippen LogP contribution in [0.15, 0.2) is 47.4 Å². The zero-order valence-corrected chi connectivity index (χ0v) is 14.0. The molecule has 0 saturated carbocycles. The van der Waals surface area contributed by atoms with Crippen molar-refractivity contribution >= 4 is 27.4 Å². The van der Waals surface area contributed by atoms with Gasteiger partial charge < -0.3 is 4.18 Å². The van der Waals surface area contributed by atoms with Crippen molar-refractivity contribution in [3.63, 3.8) is 0 Å². The summed E-state index contributed by atoms with van der Waals surface area (Å²) in [5, 5.41) is 11.5. The lowest BCUT2D eigenvalue weighted by molar-refractivity contribution is -0.385. The van der Waals surface area contributed by atoms with Crippen molar-refractivity contribution in [1.82, 2.24) is 0 Å². The molecule has 23 heavy (non-hydrogen) atoms. The van der Waals surface area contributed by atoms with Crippen LogP contribution in [-0.2, 0) is 10.1 Å². The van der Waals surface area contributed by atoms with Gasteiger partial charge in [0, 0.05) is 11.1 Å². The van der Waals surface area contributed by atoms with Crippen molar-refractivity contribution in [2.45, 2.75) is 24.7 Å². The van der Waals surface area contributed by atoms with Crippen LogP contribution in [0.4, 0.5) is 5.69 Å². The summed E-state index contributed by atoms with van der Waals surface area (Å²) in [6.07, 6.45) is 0. The molecule has 6 nitrogen and oxygen atoms in total. The Morgan fingerprint density at radius 1 is 1.13 bits per heavy atom. The molecule has 0 N–H and O–H groups in total. The van der Waals surface area contributed by atoms with Gasteiger partial charge in [-0.25, -0.2) is 0 Å². The van der Waals surface area contributed by atoms with Crippen LogP contribution in [0.5, 0.6) is 5.75 Å². The van der Waals surface area contributed by atoms with Crippen molar-refractivity contribution in [1.29, 1.82) is 0 Å². The van der Waals surface area contributed by atoms with Crippen LogP contribution in [0.3, 0.4) is 0 Å². The number of hydrogen-bond acceptors (Lipinski definition) is 5. The number of rotatable bonds is 5. The molecule has 0 radical (unpaired) electrons. The van der Waals surface area contributed by atoms with E-state index in [1.807, 2.05) is 13.8 Å². The minimum Gasteiger partial charge on any atom is -0.372 e. The molecule has 2 aromatic carbocycles. The smallest absolute Gasteiger partial charge is 0.339 e. The van der Waals surface area contributed by atoms with Gasteiger partial charge >= 0.3 is 15.8 Å². The van der Waals surface area contributed by atoms with Gasteiger partial charge in [-0.15, -0.1) is 0 Å². The maximum absolute atomic E-state index is 12.3. The minimum absolute atomic E-state index is 0.0661. The molecule has 0 aliphatic heterocycles. The van der Waals surface area contributed by atoms with E-state index in [4.69, 9.17) is 15.8 Å². The number of benzene rings is 2. The highest BCUT2D eigenvalue weighted by molar-refractivity contribution is 7.87. The van der Waals surface area contributed by atoms with E-state index < -0.39 is 20.7 Å². The molecule has 0 unspecified atom stereocenters. The van der Waals surface area contributed by atoms with Gasteiger partial charge in [0.2, 0.25) is 5.75 Å². The van der Waals surface area contributed by atoms with E-state index >= 15 is 0 Å². The molecule has 0 spiro atoms. The summed E-state index contributed by atoms with van der Waals surface area (Å²) in [6, 6.07) is 9.53. The third-order valence-corrected chi connectivity index (χ3v) is 4.65. The molecule has 0 saturated heterocycles. The maximum atomic E-state index is 12.3. The molecule has 122 valence electrons. The van der Waals surface area contributed by atoms with Crippen LogP contribution in [0.2, 0.25) is 5.02 Å². The normalized spacial score (nSPS) is 11.5. The van der Waals surface area contributed by atoms with Gasteiger partial charge in [0.25, 0.3) is 0 Å². The summed E-state index contributed by atoms with van der Waals surface area (Å²) < 4.78 is 29.6. The molecular weight excluding hydrogens is 342 g/mol. The molecule has 2 aromatic rings. The number of nitro benzene ring substituents is 1. The highest BCUT2D eigenvalue weighted by Crippen LogP contribution is 2.33. The third-order valence-electron chi connectivity index (χ3n) is 3.15. The number of nitrogens with zero attached hydrogens (tertiary/aromatic N) is 1. The van der Waals surface area contributed by atoms with Crippen LogP contribution >= 0.6 is 11.6 Å². The van der Waals surface area contributed by atoms with Gasteiger partial charge in [0.05, 0.1) is 4.92 Å². The highest BCUT2D eigenvalue weighted by atomic mass is 35.5. The van der Waals surface area contributed by atoms with Crippen LogP contribution in [0.1, 0.15) is 25.3 Å². The molecule has 0 aromatic heterocycles. The lowest BCUT2D eigenvalue weighted by Gasteiger charge is -2.10. The SMILES string of the molecule is CC(C)c1ccc([N+](=O)[O-])c(OS(=O)(=O)c2ccc(Cl)cc2)c1. The van der Waals surface area contributed by atoms with Crippen molar-refractivity contribution in [3.05, 3.63) is 63.2 Å². The topological polar surface area (TPSA) is 86.5 Å². The Morgan fingerprint density at radius 3 is 2.26 bits per heavy atom. The van der Waals surface area contributed by atoms with Gasteiger partial charge in [-0.2, -0.15) is 8.42 Å². The minimum atomic E-state index is -4.19. The second-order valence-electron chi connectivity index (χ2n) is 5.13. The zero-order chi connectivity index (χ0) is 17.2. The van der Waals surface area contributed by atoms with Crippen molar-refractivity contribution in [2.75, 3.05) is 0 Å². The van der Waals surface area contributed by atoms with E-state index in [-0.39, 0.29) is 16.6 Å². The lowest BCUT2D eigenvalue weighted by Crippen LogP contribution is -2.11. The third kappa shape index (κ3) is 4.00. The summed E-state index contributed by atoms with van der Waals surface area (Å²) in [6.45, 7) is 3.78. The molecule has 0 amide bonds. The summed E-state index contributed by atoms with van der Waals surface area (Å²) in [7, 11) is -4.19. The molecule has 0 fully saturated rings. The second-order valence-corrected chi connectivity index (χ2v) is 7.11. The van der Waals surface area contributed by atoms with Gasteiger partial charge in [-0.1, -0.05) is 31.5 Å². The van der Waals surface area contributed by atoms with E-state index in [2.05, 4.69) is 0 Å². The average Bonchev–Trinajstić information content (AvgIpc) is 2.46. The molecule has 2 rings (SSSR count). The Morgan fingerprint density at radius 2 is 1.74 bits per heavy atom. The predicted octanol–water partition coefficient (Wildman–Crippen LogP) is 4.14. The number of nitro groups is 1. The van der Waals surface area contributed by atoms with E-state index in [0.29, 0.717) is 5.02 Å². The van der Waals surface area contributed by atoms with E-state index in [0.717, 1.165) is 5.56 Å². The first-order valence-corrected chi connectivity index (χ1v) is 8.47. The number of hydrogen-bond donors (Lipinski definition) is 0. The van der Waals surface area contributed by atoms with Crippen molar-refractivity contribution < 1.29 is 17.5 Å². The van der Waals surface area contributed by atoms with E-state index in [1.54, 1.807) is 6.07 Å². The fourth-order valence-electron chi connectivity index (χ4n) is 1.87. The lowest BCUT2D eigenvalue weighted by atomic mass is 10.0. The van der Waals surface area contributed by atoms with E-state index in [9.17, 15) is 18.5 Å². The van der Waals surface area contributed by atoms with Crippen LogP contribution in [-0.4, -0.2) is 13.3 Å². The molecule has 0 atom stereocenters. The van der Waals surface area contributed by atoms with Gasteiger partial charge in [0.1, 0.15) is 4.90 Å². The van der Waals surface area contributed by atoms with Crippen LogP contribution < -0.4 is 4.18 Å². The first-order chi connectivity index (χ1) is 10.7. The molecule has 0 aliphatic carbocycles. The van der Waals surface area contributed by atoms with Gasteiger partial charge in [-0.05, 0) is 41.8 Å². The van der Waals surface area contributed by atoms with Gasteiger partial charge in [-0.3, -0.25) is 10.1 Å². The quantitative estimate of drug-likeness (QED) is 0.457. The Bertz CT molecular complexity index is 831. The standard InChI is InChI=1S/C15H14ClNO5S/c1-10(2)11-3-8-14(17(18)19)15(9-11)22-23(20,21)13-6-4-12(16)5-7-13/h3-10H,1-2H3. The van der Waals surface area contributed by atoms with Crippen LogP contribution in [0, 0.1) is 10.1 Å². The second kappa shape index (κ2) is 6.55. The average molecular weight is 356 g/mol. The van der Waals surface area contributed by atoms with E-state index in [1.165, 1.54) is 36.4 Å². The first kappa shape index (κ1) is 17.2. The summed E-state index contributed by atoms with van der Waals surface area (Å²) in [4.78, 5) is 10.3. The summed E-state index contributed by atoms with van der Waals surface area (Å²) in [5.74, 6) is -0.243. The molecule has 8 heteroatoms. The maximum Gasteiger partial charge on any atom is 0.339 e. The first-order valence-electron chi connectivity index (χ1n) is 6.69. The largest absolute Gasteiger partial charge is 0.372 e. The summed E-state index contributed by atoms with van der Waals surface area (Å²) in [5.41, 5.74) is 0.323. The Labute approximate surface area is 138 Å². The predicted molar refractivity (Wildman–Crippen MR) is 86.5 cm³/mol. The van der Waals surface area contributed by atoms with Crippen molar-refractivity contribution in [3.8, 4) is 5.75 Å². The summed E-state index contributed by atoms with van der Waals surface area (Å²) >= 11 is 5.72.